The van der Waals surface area contributed by atoms with E-state index in [2.05, 4.69) is 4.74 Å². The van der Waals surface area contributed by atoms with Gasteiger partial charge in [-0.2, -0.15) is 0 Å². The molecule has 0 aromatic carbocycles. The Kier molecular flexibility index (Phi) is 1.31. The van der Waals surface area contributed by atoms with E-state index in [0.717, 1.165) is 0 Å². The molecule has 3 aliphatic rings. The van der Waals surface area contributed by atoms with Crippen LogP contribution in [0.4, 0.5) is 0 Å². The summed E-state index contributed by atoms with van der Waals surface area (Å²) in [5, 5.41) is 9.74. The van der Waals surface area contributed by atoms with Crippen molar-refractivity contribution in [1.29, 1.82) is 0 Å². The van der Waals surface area contributed by atoms with Crippen molar-refractivity contribution in [2.75, 3.05) is 0 Å². The smallest absolute Gasteiger partial charge is 0.318 e. The zero-order chi connectivity index (χ0) is 11.0. The van der Waals surface area contributed by atoms with Crippen LogP contribution in [0.1, 0.15) is 6.92 Å². The first-order chi connectivity index (χ1) is 6.93. The lowest BCUT2D eigenvalue weighted by atomic mass is 9.56. The van der Waals surface area contributed by atoms with Gasteiger partial charge in [0, 0.05) is 6.92 Å². The summed E-state index contributed by atoms with van der Waals surface area (Å²) in [6, 6.07) is 0. The molecule has 2 heterocycles. The van der Waals surface area contributed by atoms with E-state index in [1.165, 1.54) is 6.92 Å². The third kappa shape index (κ3) is 0.813. The first-order valence-electron chi connectivity index (χ1n) is 4.64. The van der Waals surface area contributed by atoms with Crippen molar-refractivity contribution in [3.63, 3.8) is 0 Å². The first kappa shape index (κ1) is 8.84. The third-order valence-electron chi connectivity index (χ3n) is 3.49. The van der Waals surface area contributed by atoms with Gasteiger partial charge < -0.3 is 14.6 Å². The highest BCUT2D eigenvalue weighted by Crippen LogP contribution is 2.59. The van der Waals surface area contributed by atoms with E-state index in [1.54, 1.807) is 0 Å². The predicted molar refractivity (Wildman–Crippen MR) is 41.8 cm³/mol. The molecule has 0 spiro atoms. The standard InChI is InChI=1S/C9H8O6/c1-9(13)5-3-2(4(5)8(12)15-9)6(10)14-7(3)11/h2-5,13H,1H3. The van der Waals surface area contributed by atoms with Gasteiger partial charge in [0.15, 0.2) is 0 Å². The highest BCUT2D eigenvalue weighted by atomic mass is 16.7. The SMILES string of the molecule is CC1(O)OC(=O)C2C3C(=O)OC(=O)C3C21. The van der Waals surface area contributed by atoms with E-state index in [1.807, 2.05) is 0 Å². The number of esters is 3. The van der Waals surface area contributed by atoms with Gasteiger partial charge in [-0.05, 0) is 0 Å². The predicted octanol–water partition coefficient (Wildman–Crippen LogP) is -1.19. The van der Waals surface area contributed by atoms with Crippen molar-refractivity contribution in [3.05, 3.63) is 0 Å². The quantitative estimate of drug-likeness (QED) is 0.401. The zero-order valence-corrected chi connectivity index (χ0v) is 7.80. The van der Waals surface area contributed by atoms with Crippen LogP contribution in [0.2, 0.25) is 0 Å². The Morgan fingerprint density at radius 2 is 1.60 bits per heavy atom. The number of hydrogen-bond donors (Lipinski definition) is 1. The van der Waals surface area contributed by atoms with E-state index in [9.17, 15) is 19.5 Å². The minimum absolute atomic E-state index is 0.627. The Morgan fingerprint density at radius 1 is 1.07 bits per heavy atom. The number of carbonyl (C=O) groups excluding carboxylic acids is 3. The minimum atomic E-state index is -1.66. The van der Waals surface area contributed by atoms with Crippen molar-refractivity contribution in [3.8, 4) is 0 Å². The van der Waals surface area contributed by atoms with Gasteiger partial charge in [0.05, 0.1) is 23.7 Å². The summed E-state index contributed by atoms with van der Waals surface area (Å²) in [6.45, 7) is 1.32. The van der Waals surface area contributed by atoms with Gasteiger partial charge >= 0.3 is 17.9 Å². The molecule has 6 nitrogen and oxygen atoms in total. The van der Waals surface area contributed by atoms with Crippen LogP contribution in [0, 0.1) is 23.7 Å². The van der Waals surface area contributed by atoms with Crippen molar-refractivity contribution in [2.24, 2.45) is 23.7 Å². The fourth-order valence-electron chi connectivity index (χ4n) is 2.87. The van der Waals surface area contributed by atoms with Crippen LogP contribution in [0.25, 0.3) is 0 Å². The minimum Gasteiger partial charge on any atom is -0.433 e. The van der Waals surface area contributed by atoms with E-state index in [0.29, 0.717) is 0 Å². The van der Waals surface area contributed by atoms with Crippen LogP contribution < -0.4 is 0 Å². The lowest BCUT2D eigenvalue weighted by Gasteiger charge is -2.39. The Bertz CT molecular complexity index is 391. The molecular formula is C9H8O6. The summed E-state index contributed by atoms with van der Waals surface area (Å²) in [4.78, 5) is 33.8. The van der Waals surface area contributed by atoms with Crippen LogP contribution in [-0.2, 0) is 23.9 Å². The number of carbonyl (C=O) groups is 3. The van der Waals surface area contributed by atoms with Crippen LogP contribution in [0.3, 0.4) is 0 Å². The second-order valence-corrected chi connectivity index (χ2v) is 4.32. The number of aliphatic hydroxyl groups is 1. The molecule has 0 radical (unpaired) electrons. The second kappa shape index (κ2) is 2.21. The average Bonchev–Trinajstić information content (AvgIpc) is 2.26. The molecule has 0 amide bonds. The number of ether oxygens (including phenoxy) is 2. The van der Waals surface area contributed by atoms with Gasteiger partial charge in [0.25, 0.3) is 0 Å². The normalized spacial score (nSPS) is 51.7. The molecular weight excluding hydrogens is 204 g/mol. The third-order valence-corrected chi connectivity index (χ3v) is 3.49. The van der Waals surface area contributed by atoms with Gasteiger partial charge in [0.1, 0.15) is 0 Å². The van der Waals surface area contributed by atoms with Gasteiger partial charge in [0.2, 0.25) is 5.79 Å². The molecule has 3 fully saturated rings. The number of hydrogen-bond acceptors (Lipinski definition) is 6. The maximum Gasteiger partial charge on any atom is 0.318 e. The Morgan fingerprint density at radius 3 is 2.27 bits per heavy atom. The summed E-state index contributed by atoms with van der Waals surface area (Å²) in [7, 11) is 0. The molecule has 0 aromatic heterocycles. The van der Waals surface area contributed by atoms with Crippen molar-refractivity contribution in [2.45, 2.75) is 12.7 Å². The largest absolute Gasteiger partial charge is 0.433 e. The van der Waals surface area contributed by atoms with Crippen LogP contribution in [0.5, 0.6) is 0 Å². The number of fused-ring (bicyclic) bond motifs is 4. The molecule has 0 aromatic rings. The second-order valence-electron chi connectivity index (χ2n) is 4.32. The van der Waals surface area contributed by atoms with Crippen LogP contribution >= 0.6 is 0 Å². The Labute approximate surface area is 84.1 Å². The average molecular weight is 212 g/mol. The number of cyclic esters (lactones) is 3. The molecule has 15 heavy (non-hydrogen) atoms. The molecule has 0 bridgehead atoms. The van der Waals surface area contributed by atoms with Crippen molar-refractivity contribution < 1.29 is 29.0 Å². The maximum atomic E-state index is 11.3. The van der Waals surface area contributed by atoms with Gasteiger partial charge in [-0.15, -0.1) is 0 Å². The van der Waals surface area contributed by atoms with Crippen LogP contribution in [-0.4, -0.2) is 28.8 Å². The highest BCUT2D eigenvalue weighted by Gasteiger charge is 2.75. The fourth-order valence-corrected chi connectivity index (χ4v) is 2.87. The summed E-state index contributed by atoms with van der Waals surface area (Å²) in [5.74, 6) is -6.46. The molecule has 1 N–H and O–H groups in total. The van der Waals surface area contributed by atoms with Gasteiger partial charge in [-0.25, -0.2) is 0 Å². The molecule has 5 unspecified atom stereocenters. The molecule has 2 saturated heterocycles. The van der Waals surface area contributed by atoms with Gasteiger partial charge in [-0.3, -0.25) is 14.4 Å². The van der Waals surface area contributed by atoms with Crippen molar-refractivity contribution in [1.82, 2.24) is 0 Å². The number of rotatable bonds is 0. The van der Waals surface area contributed by atoms with E-state index >= 15 is 0 Å². The maximum absolute atomic E-state index is 11.3. The molecule has 80 valence electrons. The van der Waals surface area contributed by atoms with Crippen LogP contribution in [0.15, 0.2) is 0 Å². The highest BCUT2D eigenvalue weighted by molar-refractivity contribution is 6.02. The summed E-state index contributed by atoms with van der Waals surface area (Å²) < 4.78 is 9.15. The first-order valence-corrected chi connectivity index (χ1v) is 4.64. The summed E-state index contributed by atoms with van der Waals surface area (Å²) in [6.07, 6.45) is 0. The Hall–Kier alpha value is -1.43. The van der Waals surface area contributed by atoms with E-state index < -0.39 is 47.4 Å². The van der Waals surface area contributed by atoms with Gasteiger partial charge in [-0.1, -0.05) is 0 Å². The Balaban J connectivity index is 2.03. The van der Waals surface area contributed by atoms with Crippen molar-refractivity contribution >= 4 is 17.9 Å². The topological polar surface area (TPSA) is 89.9 Å². The molecule has 2 aliphatic heterocycles. The zero-order valence-electron chi connectivity index (χ0n) is 7.80. The molecule has 1 saturated carbocycles. The lowest BCUT2D eigenvalue weighted by molar-refractivity contribution is -0.206. The molecule has 5 atom stereocenters. The summed E-state index contributed by atoms with van der Waals surface area (Å²) in [5.41, 5.74) is 0. The molecule has 1 aliphatic carbocycles. The molecule has 6 heteroatoms. The van der Waals surface area contributed by atoms with E-state index in [4.69, 9.17) is 4.74 Å². The summed E-state index contributed by atoms with van der Waals surface area (Å²) >= 11 is 0. The lowest BCUT2D eigenvalue weighted by Crippen LogP contribution is -2.54. The monoisotopic (exact) mass is 212 g/mol. The van der Waals surface area contributed by atoms with E-state index in [-0.39, 0.29) is 0 Å². The fraction of sp³-hybridized carbons (Fsp3) is 0.667. The molecule has 3 rings (SSSR count).